The number of rotatable bonds is 5. The molecule has 11 heteroatoms. The smallest absolute Gasteiger partial charge is 0.379 e. The maximum absolute atomic E-state index is 13.3. The first-order valence-corrected chi connectivity index (χ1v) is 10.9. The van der Waals surface area contributed by atoms with Crippen LogP contribution in [0, 0.1) is 0 Å². The molecule has 1 aliphatic heterocycles. The van der Waals surface area contributed by atoms with Crippen molar-refractivity contribution in [2.75, 3.05) is 44.3 Å². The van der Waals surface area contributed by atoms with Crippen molar-refractivity contribution < 1.29 is 22.7 Å². The number of nitrogens with zero attached hydrogens (tertiary/aromatic N) is 3. The molecule has 5 nitrogen and oxygen atoms in total. The van der Waals surface area contributed by atoms with E-state index in [-0.39, 0.29) is 18.0 Å². The number of hydrogen-bond acceptors (Lipinski definition) is 5. The van der Waals surface area contributed by atoms with E-state index in [9.17, 15) is 18.0 Å². The second-order valence-electron chi connectivity index (χ2n) is 7.10. The van der Waals surface area contributed by atoms with Gasteiger partial charge in [0, 0.05) is 36.8 Å². The Morgan fingerprint density at radius 3 is 2.66 bits per heavy atom. The summed E-state index contributed by atoms with van der Waals surface area (Å²) in [4.78, 5) is 21.4. The summed E-state index contributed by atoms with van der Waals surface area (Å²) >= 11 is 7.35. The van der Waals surface area contributed by atoms with Gasteiger partial charge in [0.25, 0.3) is 5.91 Å². The van der Waals surface area contributed by atoms with Gasteiger partial charge in [0.15, 0.2) is 5.13 Å². The Labute approximate surface area is 198 Å². The van der Waals surface area contributed by atoms with Crippen LogP contribution in [0.5, 0.6) is 0 Å². The molecule has 0 bridgehead atoms. The van der Waals surface area contributed by atoms with Crippen molar-refractivity contribution in [3.8, 4) is 0 Å². The highest BCUT2D eigenvalue weighted by Crippen LogP contribution is 2.33. The fraction of sp³-hybridized carbons (Fsp3) is 0.333. The molecule has 1 fully saturated rings. The van der Waals surface area contributed by atoms with Gasteiger partial charge in [-0.25, -0.2) is 4.98 Å². The van der Waals surface area contributed by atoms with Crippen LogP contribution in [-0.2, 0) is 10.9 Å². The van der Waals surface area contributed by atoms with Crippen molar-refractivity contribution >= 4 is 56.6 Å². The van der Waals surface area contributed by atoms with Crippen LogP contribution in [-0.4, -0.2) is 55.2 Å². The van der Waals surface area contributed by atoms with E-state index in [2.05, 4.69) is 9.88 Å². The number of carbonyl (C=O) groups is 1. The van der Waals surface area contributed by atoms with Gasteiger partial charge in [-0.05, 0) is 36.4 Å². The molecule has 1 aliphatic rings. The van der Waals surface area contributed by atoms with Gasteiger partial charge in [-0.15, -0.1) is 12.4 Å². The van der Waals surface area contributed by atoms with Gasteiger partial charge >= 0.3 is 6.18 Å². The zero-order valence-electron chi connectivity index (χ0n) is 16.8. The number of fused-ring (bicyclic) bond motifs is 1. The molecular weight excluding hydrogens is 486 g/mol. The first-order chi connectivity index (χ1) is 14.8. The number of morpholine rings is 1. The van der Waals surface area contributed by atoms with E-state index < -0.39 is 17.6 Å². The zero-order chi connectivity index (χ0) is 22.0. The van der Waals surface area contributed by atoms with Gasteiger partial charge in [0.1, 0.15) is 0 Å². The number of ether oxygens (including phenoxy) is 1. The van der Waals surface area contributed by atoms with Crippen LogP contribution in [0.25, 0.3) is 10.2 Å². The highest BCUT2D eigenvalue weighted by molar-refractivity contribution is 7.22. The summed E-state index contributed by atoms with van der Waals surface area (Å²) in [6.07, 6.45) is -4.53. The van der Waals surface area contributed by atoms with Gasteiger partial charge in [-0.3, -0.25) is 14.6 Å². The first kappa shape index (κ1) is 24.7. The van der Waals surface area contributed by atoms with Crippen molar-refractivity contribution in [3.63, 3.8) is 0 Å². The van der Waals surface area contributed by atoms with Crippen molar-refractivity contribution in [1.29, 1.82) is 0 Å². The Kier molecular flexibility index (Phi) is 8.00. The highest BCUT2D eigenvalue weighted by Gasteiger charge is 2.32. The fourth-order valence-electron chi connectivity index (χ4n) is 3.34. The average Bonchev–Trinajstić information content (AvgIpc) is 3.16. The Balaban J connectivity index is 0.00000289. The number of halogens is 5. The SMILES string of the molecule is Cl.O=C(c1cccc(C(F)(F)F)c1)N(CCN1CCOCC1)c1nc2ccc(Cl)cc2s1. The molecule has 0 radical (unpaired) electrons. The molecule has 0 aliphatic carbocycles. The first-order valence-electron chi connectivity index (χ1n) is 9.66. The molecule has 0 N–H and O–H groups in total. The maximum atomic E-state index is 13.3. The monoisotopic (exact) mass is 505 g/mol. The molecule has 2 aromatic carbocycles. The Bertz CT molecular complexity index is 1090. The average molecular weight is 506 g/mol. The number of hydrogen-bond donors (Lipinski definition) is 0. The second kappa shape index (κ2) is 10.4. The van der Waals surface area contributed by atoms with E-state index in [0.29, 0.717) is 42.0 Å². The number of anilines is 1. The third-order valence-corrected chi connectivity index (χ3v) is 6.27. The van der Waals surface area contributed by atoms with Gasteiger partial charge in [0.2, 0.25) is 0 Å². The minimum absolute atomic E-state index is 0. The fourth-order valence-corrected chi connectivity index (χ4v) is 4.60. The molecule has 0 atom stereocenters. The Hall–Kier alpha value is -1.91. The number of benzene rings is 2. The molecule has 4 rings (SSSR count). The topological polar surface area (TPSA) is 45.7 Å². The van der Waals surface area contributed by atoms with E-state index in [1.807, 2.05) is 0 Å². The molecule has 172 valence electrons. The van der Waals surface area contributed by atoms with E-state index >= 15 is 0 Å². The number of alkyl halides is 3. The van der Waals surface area contributed by atoms with E-state index in [4.69, 9.17) is 16.3 Å². The van der Waals surface area contributed by atoms with E-state index in [0.717, 1.165) is 29.9 Å². The molecule has 1 saturated heterocycles. The van der Waals surface area contributed by atoms with Crippen LogP contribution in [0.1, 0.15) is 15.9 Å². The Morgan fingerprint density at radius 1 is 1.19 bits per heavy atom. The quantitative estimate of drug-likeness (QED) is 0.467. The van der Waals surface area contributed by atoms with Gasteiger partial charge in [-0.1, -0.05) is 29.0 Å². The summed E-state index contributed by atoms with van der Waals surface area (Å²) in [5.41, 5.74) is -0.214. The van der Waals surface area contributed by atoms with Crippen LogP contribution < -0.4 is 4.90 Å². The molecule has 1 aromatic heterocycles. The number of carbonyl (C=O) groups excluding carboxylic acids is 1. The van der Waals surface area contributed by atoms with E-state index in [1.165, 1.54) is 28.4 Å². The largest absolute Gasteiger partial charge is 0.416 e. The molecule has 2 heterocycles. The Morgan fingerprint density at radius 2 is 1.94 bits per heavy atom. The van der Waals surface area contributed by atoms with Crippen molar-refractivity contribution in [2.45, 2.75) is 6.18 Å². The number of aromatic nitrogens is 1. The van der Waals surface area contributed by atoms with Crippen LogP contribution in [0.2, 0.25) is 5.02 Å². The van der Waals surface area contributed by atoms with Crippen molar-refractivity contribution in [3.05, 3.63) is 58.6 Å². The van der Waals surface area contributed by atoms with Crippen LogP contribution in [0.3, 0.4) is 0 Å². The predicted octanol–water partition coefficient (Wildman–Crippen LogP) is 5.37. The van der Waals surface area contributed by atoms with Gasteiger partial charge in [0.05, 0.1) is 29.0 Å². The third kappa shape index (κ3) is 5.71. The molecular formula is C21H20Cl2F3N3O2S. The van der Waals surface area contributed by atoms with E-state index in [1.54, 1.807) is 18.2 Å². The lowest BCUT2D eigenvalue weighted by Crippen LogP contribution is -2.43. The number of amides is 1. The molecule has 0 spiro atoms. The van der Waals surface area contributed by atoms with Crippen LogP contribution in [0.15, 0.2) is 42.5 Å². The summed E-state index contributed by atoms with van der Waals surface area (Å²) in [6, 6.07) is 9.69. The summed E-state index contributed by atoms with van der Waals surface area (Å²) in [5, 5.41) is 0.972. The standard InChI is InChI=1S/C21H19ClF3N3O2S.ClH/c22-16-4-5-17-18(13-16)31-20(26-17)28(7-6-27-8-10-30-11-9-27)19(29)14-2-1-3-15(12-14)21(23,24)25;/h1-5,12-13H,6-11H2;1H. The van der Waals surface area contributed by atoms with Crippen LogP contribution in [0.4, 0.5) is 18.3 Å². The lowest BCUT2D eigenvalue weighted by Gasteiger charge is -2.29. The van der Waals surface area contributed by atoms with Crippen molar-refractivity contribution in [2.24, 2.45) is 0 Å². The minimum atomic E-state index is -4.53. The molecule has 1 amide bonds. The minimum Gasteiger partial charge on any atom is -0.379 e. The molecule has 0 saturated carbocycles. The number of thiazole rings is 1. The van der Waals surface area contributed by atoms with Gasteiger partial charge in [-0.2, -0.15) is 13.2 Å². The van der Waals surface area contributed by atoms with Crippen LogP contribution >= 0.6 is 35.3 Å². The normalized spacial score (nSPS) is 14.9. The molecule has 0 unspecified atom stereocenters. The lowest BCUT2D eigenvalue weighted by atomic mass is 10.1. The summed E-state index contributed by atoms with van der Waals surface area (Å²) in [7, 11) is 0. The molecule has 32 heavy (non-hydrogen) atoms. The maximum Gasteiger partial charge on any atom is 0.416 e. The summed E-state index contributed by atoms with van der Waals surface area (Å²) in [5.74, 6) is -0.524. The zero-order valence-corrected chi connectivity index (χ0v) is 19.2. The summed E-state index contributed by atoms with van der Waals surface area (Å²) in [6.45, 7) is 3.55. The summed E-state index contributed by atoms with van der Waals surface area (Å²) < 4.78 is 45.6. The third-order valence-electron chi connectivity index (χ3n) is 5.00. The van der Waals surface area contributed by atoms with Crippen molar-refractivity contribution in [1.82, 2.24) is 9.88 Å². The second-order valence-corrected chi connectivity index (χ2v) is 8.54. The van der Waals surface area contributed by atoms with Gasteiger partial charge < -0.3 is 4.74 Å². The highest BCUT2D eigenvalue weighted by atomic mass is 35.5. The molecule has 3 aromatic rings. The lowest BCUT2D eigenvalue weighted by molar-refractivity contribution is -0.137. The predicted molar refractivity (Wildman–Crippen MR) is 122 cm³/mol.